The second-order valence-corrected chi connectivity index (χ2v) is 31.1. The molecule has 0 saturated heterocycles. The first-order valence-electron chi connectivity index (χ1n) is 37.7. The highest BCUT2D eigenvalue weighted by atomic mass is 31.2. The van der Waals surface area contributed by atoms with Crippen LogP contribution in [0.3, 0.4) is 0 Å². The molecule has 0 aromatic rings. The van der Waals surface area contributed by atoms with Crippen molar-refractivity contribution in [2.75, 3.05) is 39.6 Å². The van der Waals surface area contributed by atoms with E-state index < -0.39 is 97.5 Å². The third-order valence-corrected chi connectivity index (χ3v) is 18.7. The van der Waals surface area contributed by atoms with Gasteiger partial charge >= 0.3 is 39.5 Å². The van der Waals surface area contributed by atoms with Crippen LogP contribution in [0.1, 0.15) is 364 Å². The minimum absolute atomic E-state index is 0.104. The molecule has 17 nitrogen and oxygen atoms in total. The monoisotopic (exact) mass is 1350 g/mol. The number of aliphatic hydroxyl groups is 1. The molecule has 3 N–H and O–H groups in total. The molecule has 0 saturated carbocycles. The maximum absolute atomic E-state index is 13.1. The third-order valence-electron chi connectivity index (χ3n) is 16.8. The van der Waals surface area contributed by atoms with Gasteiger partial charge in [-0.25, -0.2) is 9.13 Å². The van der Waals surface area contributed by atoms with Crippen molar-refractivity contribution < 1.29 is 80.2 Å². The Kier molecular flexibility index (Phi) is 61.3. The Morgan fingerprint density at radius 3 is 0.674 bits per heavy atom. The van der Waals surface area contributed by atoms with E-state index in [0.717, 1.165) is 114 Å². The van der Waals surface area contributed by atoms with Gasteiger partial charge in [0.2, 0.25) is 0 Å². The largest absolute Gasteiger partial charge is 0.472 e. The molecule has 19 heteroatoms. The van der Waals surface area contributed by atoms with Crippen molar-refractivity contribution in [1.82, 2.24) is 0 Å². The fourth-order valence-electron chi connectivity index (χ4n) is 11.0. The Hall–Kier alpha value is -1.94. The van der Waals surface area contributed by atoms with Crippen molar-refractivity contribution in [3.8, 4) is 0 Å². The van der Waals surface area contributed by atoms with E-state index in [1.165, 1.54) is 161 Å². The van der Waals surface area contributed by atoms with Gasteiger partial charge in [0.05, 0.1) is 26.4 Å². The first-order valence-corrected chi connectivity index (χ1v) is 40.7. The minimum Gasteiger partial charge on any atom is -0.462 e. The van der Waals surface area contributed by atoms with Crippen LogP contribution < -0.4 is 0 Å². The second kappa shape index (κ2) is 62.6. The number of phosphoric ester groups is 2. The van der Waals surface area contributed by atoms with Crippen molar-refractivity contribution in [1.29, 1.82) is 0 Å². The van der Waals surface area contributed by atoms with Crippen molar-refractivity contribution in [2.24, 2.45) is 23.7 Å². The van der Waals surface area contributed by atoms with Gasteiger partial charge < -0.3 is 33.8 Å². The maximum atomic E-state index is 13.1. The van der Waals surface area contributed by atoms with Crippen LogP contribution in [-0.2, 0) is 65.4 Å². The van der Waals surface area contributed by atoms with E-state index in [1.54, 1.807) is 0 Å². The maximum Gasteiger partial charge on any atom is 0.472 e. The molecule has 92 heavy (non-hydrogen) atoms. The zero-order chi connectivity index (χ0) is 68.2. The summed E-state index contributed by atoms with van der Waals surface area (Å²) in [6.45, 7) is 14.1. The lowest BCUT2D eigenvalue weighted by Crippen LogP contribution is -2.30. The highest BCUT2D eigenvalue weighted by Gasteiger charge is 2.30. The van der Waals surface area contributed by atoms with Gasteiger partial charge in [0, 0.05) is 25.7 Å². The number of carbonyl (C=O) groups is 4. The average Bonchev–Trinajstić information content (AvgIpc) is 2.22. The summed E-state index contributed by atoms with van der Waals surface area (Å²) in [4.78, 5) is 72.6. The van der Waals surface area contributed by atoms with Gasteiger partial charge in [0.15, 0.2) is 12.2 Å². The SMILES string of the molecule is CC(C)CCCCCCCCCCCCCCCCCC(=O)O[C@H](COC(=O)CCCCCCCCCCCCC(C)C)COP(=O)(O)OC[C@@H](O)COP(=O)(O)OC[C@@H](COC(=O)CCCCCCCCC(C)C)OC(=O)CCCCCCCCCCCC(C)C. The molecule has 546 valence electrons. The summed E-state index contributed by atoms with van der Waals surface area (Å²) in [5, 5.41) is 10.6. The lowest BCUT2D eigenvalue weighted by Gasteiger charge is -2.21. The smallest absolute Gasteiger partial charge is 0.462 e. The van der Waals surface area contributed by atoms with Crippen molar-refractivity contribution in [3.63, 3.8) is 0 Å². The molecule has 0 fully saturated rings. The second-order valence-electron chi connectivity index (χ2n) is 28.2. The molecule has 0 aromatic carbocycles. The number of hydrogen-bond acceptors (Lipinski definition) is 15. The first-order chi connectivity index (χ1) is 44.1. The third kappa shape index (κ3) is 66.7. The van der Waals surface area contributed by atoms with Gasteiger partial charge in [-0.3, -0.25) is 37.3 Å². The highest BCUT2D eigenvalue weighted by Crippen LogP contribution is 2.45. The Balaban J connectivity index is 5.23. The standard InChI is InChI=1S/C73H142O17P2/c1-63(2)49-41-33-25-19-14-12-10-9-11-13-15-23-29-39-47-55-72(77)89-68(59-83-70(75)53-45-37-28-22-17-16-20-26-34-42-50-64(3)4)61-87-91(79,80)85-57-67(74)58-86-92(81,82)88-62-69(60-84-71(76)54-46-38-32-31-36-44-52-66(7)8)90-73(78)56-48-40-30-24-18-21-27-35-43-51-65(5)6/h63-69,74H,9-62H2,1-8H3,(H,79,80)(H,81,82)/t67-,68-,69-/m1/s1. The lowest BCUT2D eigenvalue weighted by molar-refractivity contribution is -0.161. The number of ether oxygens (including phenoxy) is 4. The van der Waals surface area contributed by atoms with Gasteiger partial charge in [0.25, 0.3) is 0 Å². The van der Waals surface area contributed by atoms with Crippen LogP contribution >= 0.6 is 15.6 Å². The molecule has 0 aliphatic heterocycles. The fourth-order valence-corrected chi connectivity index (χ4v) is 12.6. The van der Waals surface area contributed by atoms with Crippen LogP contribution in [0.2, 0.25) is 0 Å². The van der Waals surface area contributed by atoms with Crippen LogP contribution in [0.15, 0.2) is 0 Å². The molecule has 2 unspecified atom stereocenters. The molecule has 0 heterocycles. The van der Waals surface area contributed by atoms with E-state index in [0.29, 0.717) is 31.6 Å². The van der Waals surface area contributed by atoms with Crippen LogP contribution in [-0.4, -0.2) is 96.7 Å². The zero-order valence-electron chi connectivity index (χ0n) is 60.2. The fraction of sp³-hybridized carbons (Fsp3) is 0.945. The van der Waals surface area contributed by atoms with Crippen LogP contribution in [0.4, 0.5) is 0 Å². The predicted molar refractivity (Wildman–Crippen MR) is 372 cm³/mol. The Labute approximate surface area is 562 Å². The Morgan fingerprint density at radius 2 is 0.457 bits per heavy atom. The minimum atomic E-state index is -4.96. The van der Waals surface area contributed by atoms with E-state index in [2.05, 4.69) is 55.4 Å². The summed E-state index contributed by atoms with van der Waals surface area (Å²) in [6, 6.07) is 0. The van der Waals surface area contributed by atoms with Gasteiger partial charge in [-0.15, -0.1) is 0 Å². The molecular formula is C73H142O17P2. The molecule has 0 spiro atoms. The predicted octanol–water partition coefficient (Wildman–Crippen LogP) is 20.9. The summed E-state index contributed by atoms with van der Waals surface area (Å²) in [5.41, 5.74) is 0. The molecule has 5 atom stereocenters. The van der Waals surface area contributed by atoms with E-state index in [1.807, 2.05) is 0 Å². The lowest BCUT2D eigenvalue weighted by atomic mass is 10.0. The van der Waals surface area contributed by atoms with E-state index in [4.69, 9.17) is 37.0 Å². The molecule has 0 aromatic heterocycles. The Bertz CT molecular complexity index is 1820. The van der Waals surface area contributed by atoms with E-state index in [-0.39, 0.29) is 25.7 Å². The quantitative estimate of drug-likeness (QED) is 0.0222. The molecule has 0 bridgehead atoms. The average molecular weight is 1350 g/mol. The molecule has 0 rings (SSSR count). The molecule has 0 aliphatic carbocycles. The van der Waals surface area contributed by atoms with Crippen molar-refractivity contribution in [2.45, 2.75) is 382 Å². The number of unbranched alkanes of at least 4 members (excludes halogenated alkanes) is 36. The highest BCUT2D eigenvalue weighted by molar-refractivity contribution is 7.47. The molecular weight excluding hydrogens is 1210 g/mol. The van der Waals surface area contributed by atoms with Gasteiger partial charge in [0.1, 0.15) is 19.3 Å². The number of carbonyl (C=O) groups excluding carboxylic acids is 4. The van der Waals surface area contributed by atoms with Crippen LogP contribution in [0.25, 0.3) is 0 Å². The Morgan fingerprint density at radius 1 is 0.272 bits per heavy atom. The van der Waals surface area contributed by atoms with Crippen LogP contribution in [0, 0.1) is 23.7 Å². The van der Waals surface area contributed by atoms with Crippen LogP contribution in [0.5, 0.6) is 0 Å². The van der Waals surface area contributed by atoms with Crippen molar-refractivity contribution >= 4 is 39.5 Å². The van der Waals surface area contributed by atoms with Gasteiger partial charge in [-0.2, -0.15) is 0 Å². The number of phosphoric acid groups is 2. The topological polar surface area (TPSA) is 237 Å². The summed E-state index contributed by atoms with van der Waals surface area (Å²) in [6.07, 6.45) is 46.0. The number of aliphatic hydroxyl groups excluding tert-OH is 1. The van der Waals surface area contributed by atoms with Crippen molar-refractivity contribution in [3.05, 3.63) is 0 Å². The molecule has 0 amide bonds. The van der Waals surface area contributed by atoms with Gasteiger partial charge in [-0.1, -0.05) is 312 Å². The molecule has 0 aliphatic rings. The number of esters is 4. The van der Waals surface area contributed by atoms with Gasteiger partial charge in [-0.05, 0) is 49.4 Å². The normalized spacial score (nSPS) is 14.2. The summed E-state index contributed by atoms with van der Waals surface area (Å²) >= 11 is 0. The number of rotatable bonds is 70. The van der Waals surface area contributed by atoms with E-state index in [9.17, 15) is 43.2 Å². The zero-order valence-corrected chi connectivity index (χ0v) is 62.0. The van der Waals surface area contributed by atoms with E-state index >= 15 is 0 Å². The molecule has 0 radical (unpaired) electrons. The number of hydrogen-bond donors (Lipinski definition) is 3. The first kappa shape index (κ1) is 90.1. The summed E-state index contributed by atoms with van der Waals surface area (Å²) in [7, 11) is -9.91. The summed E-state index contributed by atoms with van der Waals surface area (Å²) < 4.78 is 68.4. The summed E-state index contributed by atoms with van der Waals surface area (Å²) in [5.74, 6) is 0.850.